The fraction of sp³-hybridized carbons (Fsp3) is 0.400. The lowest BCUT2D eigenvalue weighted by Gasteiger charge is -2.19. The molecule has 0 aliphatic heterocycles. The molecule has 1 aromatic heterocycles. The zero-order chi connectivity index (χ0) is 13.5. The molecule has 3 N–H and O–H groups in total. The van der Waals surface area contributed by atoms with Crippen LogP contribution in [0.25, 0.3) is 0 Å². The number of aliphatic hydroxyl groups excluding tert-OH is 2. The first kappa shape index (κ1) is 14.0. The average Bonchev–Trinajstić information content (AvgIpc) is 2.38. The lowest BCUT2D eigenvalue weighted by atomic mass is 10.3. The number of aliphatic hydroxyl groups is 2. The fourth-order valence-electron chi connectivity index (χ4n) is 1.31. The molecule has 0 aliphatic rings. The monoisotopic (exact) mass is 255 g/mol. The Morgan fingerprint density at radius 1 is 1.11 bits per heavy atom. The van der Waals surface area contributed by atoms with E-state index in [-0.39, 0.29) is 37.7 Å². The number of rotatable bonds is 6. The molecule has 0 saturated carbocycles. The summed E-state index contributed by atoms with van der Waals surface area (Å²) < 4.78 is 0. The molecule has 1 aromatic rings. The number of aromatic nitrogens is 2. The minimum Gasteiger partial charge on any atom is -0.477 e. The summed E-state index contributed by atoms with van der Waals surface area (Å²) in [5.41, 5.74) is -0.384. The second-order valence-electron chi connectivity index (χ2n) is 3.33. The molecule has 0 aromatic carbocycles. The fourth-order valence-corrected chi connectivity index (χ4v) is 1.31. The summed E-state index contributed by atoms with van der Waals surface area (Å²) >= 11 is 0. The molecular weight excluding hydrogens is 242 g/mol. The molecule has 18 heavy (non-hydrogen) atoms. The van der Waals surface area contributed by atoms with Crippen LogP contribution in [0, 0.1) is 0 Å². The van der Waals surface area contributed by atoms with Crippen LogP contribution in [0.2, 0.25) is 0 Å². The van der Waals surface area contributed by atoms with Crippen molar-refractivity contribution in [3.05, 3.63) is 23.8 Å². The summed E-state index contributed by atoms with van der Waals surface area (Å²) in [6.45, 7) is -0.456. The standard InChI is InChI=1S/C10H13N3O5/c14-3-1-13(2-4-15)9(16)7-5-8(10(17)18)12-6-11-7/h5-6,14-15H,1-4H2,(H,17,18). The molecule has 0 aliphatic carbocycles. The summed E-state index contributed by atoms with van der Waals surface area (Å²) in [4.78, 5) is 31.0. The number of carboxylic acids is 1. The second-order valence-corrected chi connectivity index (χ2v) is 3.33. The quantitative estimate of drug-likeness (QED) is 0.571. The van der Waals surface area contributed by atoms with E-state index in [0.29, 0.717) is 0 Å². The molecule has 98 valence electrons. The van der Waals surface area contributed by atoms with Gasteiger partial charge in [0.2, 0.25) is 0 Å². The van der Waals surface area contributed by atoms with Crippen LogP contribution in [0.5, 0.6) is 0 Å². The zero-order valence-electron chi connectivity index (χ0n) is 9.48. The van der Waals surface area contributed by atoms with Crippen LogP contribution in [0.4, 0.5) is 0 Å². The van der Waals surface area contributed by atoms with Gasteiger partial charge in [0, 0.05) is 19.2 Å². The highest BCUT2D eigenvalue weighted by Crippen LogP contribution is 2.03. The van der Waals surface area contributed by atoms with E-state index in [1.54, 1.807) is 0 Å². The normalized spacial score (nSPS) is 10.1. The first-order valence-corrected chi connectivity index (χ1v) is 5.16. The Kier molecular flexibility index (Phi) is 5.15. The molecule has 0 atom stereocenters. The van der Waals surface area contributed by atoms with Gasteiger partial charge in [-0.2, -0.15) is 0 Å². The Morgan fingerprint density at radius 2 is 1.67 bits per heavy atom. The highest BCUT2D eigenvalue weighted by Gasteiger charge is 2.18. The van der Waals surface area contributed by atoms with Crippen molar-refractivity contribution in [1.29, 1.82) is 0 Å². The van der Waals surface area contributed by atoms with Crippen LogP contribution >= 0.6 is 0 Å². The van der Waals surface area contributed by atoms with Crippen molar-refractivity contribution >= 4 is 11.9 Å². The van der Waals surface area contributed by atoms with Crippen LogP contribution in [0.3, 0.4) is 0 Å². The van der Waals surface area contributed by atoms with Crippen LogP contribution in [0.15, 0.2) is 12.4 Å². The van der Waals surface area contributed by atoms with Crippen LogP contribution < -0.4 is 0 Å². The van der Waals surface area contributed by atoms with E-state index in [0.717, 1.165) is 12.4 Å². The molecule has 0 spiro atoms. The average molecular weight is 255 g/mol. The summed E-state index contributed by atoms with van der Waals surface area (Å²) in [5, 5.41) is 26.3. The van der Waals surface area contributed by atoms with Crippen LogP contribution in [-0.4, -0.2) is 68.4 Å². The SMILES string of the molecule is O=C(O)c1cc(C(=O)N(CCO)CCO)ncn1. The van der Waals surface area contributed by atoms with E-state index in [1.165, 1.54) is 4.90 Å². The number of hydrogen-bond donors (Lipinski definition) is 3. The second kappa shape index (κ2) is 6.62. The topological polar surface area (TPSA) is 124 Å². The van der Waals surface area contributed by atoms with E-state index < -0.39 is 11.9 Å². The minimum atomic E-state index is -1.26. The number of amides is 1. The third-order valence-electron chi connectivity index (χ3n) is 2.13. The Bertz CT molecular complexity index is 431. The maximum Gasteiger partial charge on any atom is 0.354 e. The van der Waals surface area contributed by atoms with Crippen molar-refractivity contribution in [2.45, 2.75) is 0 Å². The summed E-state index contributed by atoms with van der Waals surface area (Å²) in [5.74, 6) is -1.83. The van der Waals surface area contributed by atoms with Crippen molar-refractivity contribution in [2.75, 3.05) is 26.3 Å². The van der Waals surface area contributed by atoms with Gasteiger partial charge in [0.15, 0.2) is 5.69 Å². The maximum absolute atomic E-state index is 11.9. The number of aromatic carboxylic acids is 1. The Balaban J connectivity index is 2.93. The zero-order valence-corrected chi connectivity index (χ0v) is 9.48. The third kappa shape index (κ3) is 3.47. The lowest BCUT2D eigenvalue weighted by Crippen LogP contribution is -2.36. The van der Waals surface area contributed by atoms with Crippen LogP contribution in [0.1, 0.15) is 21.0 Å². The van der Waals surface area contributed by atoms with Gasteiger partial charge in [-0.1, -0.05) is 0 Å². The van der Waals surface area contributed by atoms with Crippen LogP contribution in [-0.2, 0) is 0 Å². The van der Waals surface area contributed by atoms with E-state index in [2.05, 4.69) is 9.97 Å². The van der Waals surface area contributed by atoms with Gasteiger partial charge < -0.3 is 20.2 Å². The van der Waals surface area contributed by atoms with Gasteiger partial charge in [-0.3, -0.25) is 4.79 Å². The van der Waals surface area contributed by atoms with Gasteiger partial charge in [0.05, 0.1) is 13.2 Å². The smallest absolute Gasteiger partial charge is 0.354 e. The summed E-state index contributed by atoms with van der Waals surface area (Å²) in [7, 11) is 0. The first-order chi connectivity index (χ1) is 8.60. The number of hydrogen-bond acceptors (Lipinski definition) is 6. The van der Waals surface area contributed by atoms with Gasteiger partial charge in [-0.05, 0) is 0 Å². The van der Waals surface area contributed by atoms with E-state index in [1.807, 2.05) is 0 Å². The summed E-state index contributed by atoms with van der Waals surface area (Å²) in [6.07, 6.45) is 0.979. The molecule has 0 unspecified atom stereocenters. The predicted molar refractivity (Wildman–Crippen MR) is 59.1 cm³/mol. The highest BCUT2D eigenvalue weighted by molar-refractivity contribution is 5.94. The van der Waals surface area contributed by atoms with Crippen molar-refractivity contribution in [1.82, 2.24) is 14.9 Å². The highest BCUT2D eigenvalue weighted by atomic mass is 16.4. The van der Waals surface area contributed by atoms with Crippen molar-refractivity contribution in [3.63, 3.8) is 0 Å². The van der Waals surface area contributed by atoms with E-state index in [9.17, 15) is 9.59 Å². The molecule has 8 nitrogen and oxygen atoms in total. The van der Waals surface area contributed by atoms with Gasteiger partial charge in [-0.15, -0.1) is 0 Å². The number of carbonyl (C=O) groups is 2. The maximum atomic E-state index is 11.9. The molecule has 1 rings (SSSR count). The van der Waals surface area contributed by atoms with Gasteiger partial charge in [0.1, 0.15) is 12.0 Å². The first-order valence-electron chi connectivity index (χ1n) is 5.16. The number of nitrogens with zero attached hydrogens (tertiary/aromatic N) is 3. The van der Waals surface area contributed by atoms with Crippen molar-refractivity contribution in [2.24, 2.45) is 0 Å². The van der Waals surface area contributed by atoms with Crippen molar-refractivity contribution < 1.29 is 24.9 Å². The molecule has 0 bridgehead atoms. The van der Waals surface area contributed by atoms with E-state index in [4.69, 9.17) is 15.3 Å². The number of carbonyl (C=O) groups excluding carboxylic acids is 1. The Hall–Kier alpha value is -2.06. The lowest BCUT2D eigenvalue weighted by molar-refractivity contribution is 0.0677. The molecular formula is C10H13N3O5. The molecule has 1 amide bonds. The van der Waals surface area contributed by atoms with Crippen molar-refractivity contribution in [3.8, 4) is 0 Å². The molecule has 0 fully saturated rings. The minimum absolute atomic E-state index is 0.0335. The van der Waals surface area contributed by atoms with Gasteiger partial charge in [-0.25, -0.2) is 14.8 Å². The number of carboxylic acid groups (broad SMARTS) is 1. The molecule has 0 radical (unpaired) electrons. The largest absolute Gasteiger partial charge is 0.477 e. The van der Waals surface area contributed by atoms with E-state index >= 15 is 0 Å². The Labute approximate surface area is 103 Å². The Morgan fingerprint density at radius 3 is 2.17 bits per heavy atom. The molecule has 1 heterocycles. The predicted octanol–water partition coefficient (Wildman–Crippen LogP) is -1.40. The van der Waals surface area contributed by atoms with Gasteiger partial charge in [0.25, 0.3) is 5.91 Å². The molecule has 0 saturated heterocycles. The van der Waals surface area contributed by atoms with Gasteiger partial charge >= 0.3 is 5.97 Å². The third-order valence-corrected chi connectivity index (χ3v) is 2.13. The molecule has 8 heteroatoms. The summed E-state index contributed by atoms with van der Waals surface area (Å²) in [6, 6.07) is 1.05.